The minimum absolute atomic E-state index is 0.0129. The molecule has 0 heterocycles. The second-order valence-electron chi connectivity index (χ2n) is 4.50. The summed E-state index contributed by atoms with van der Waals surface area (Å²) in [7, 11) is 0. The van der Waals surface area contributed by atoms with Gasteiger partial charge >= 0.3 is 0 Å². The Morgan fingerprint density at radius 2 is 1.83 bits per heavy atom. The van der Waals surface area contributed by atoms with Gasteiger partial charge in [0, 0.05) is 18.2 Å². The van der Waals surface area contributed by atoms with Gasteiger partial charge in [-0.05, 0) is 30.2 Å². The summed E-state index contributed by atoms with van der Waals surface area (Å²) < 4.78 is 0. The standard InChI is InChI=1S/C14H22N2O2/c1-3-10(4-2)13(15)9-16-14(18)11-5-7-12(17)8-6-11/h5-8,10,13,17H,3-4,9,15H2,1-2H3,(H,16,18). The molecule has 1 aromatic rings. The Bertz CT molecular complexity index is 372. The van der Waals surface area contributed by atoms with Gasteiger partial charge in [0.2, 0.25) is 0 Å². The molecule has 100 valence electrons. The molecule has 4 heteroatoms. The van der Waals surface area contributed by atoms with Crippen molar-refractivity contribution in [2.45, 2.75) is 32.7 Å². The summed E-state index contributed by atoms with van der Waals surface area (Å²) in [5.74, 6) is 0.432. The minimum atomic E-state index is -0.156. The van der Waals surface area contributed by atoms with Crippen LogP contribution in [0.25, 0.3) is 0 Å². The predicted octanol–water partition coefficient (Wildman–Crippen LogP) is 1.89. The fourth-order valence-electron chi connectivity index (χ4n) is 1.99. The molecule has 1 rings (SSSR count). The van der Waals surface area contributed by atoms with Crippen LogP contribution in [0.15, 0.2) is 24.3 Å². The molecule has 0 saturated heterocycles. The second kappa shape index (κ2) is 7.01. The summed E-state index contributed by atoms with van der Waals surface area (Å²) in [4.78, 5) is 11.8. The molecule has 0 aliphatic heterocycles. The smallest absolute Gasteiger partial charge is 0.251 e. The van der Waals surface area contributed by atoms with Gasteiger partial charge in [-0.25, -0.2) is 0 Å². The van der Waals surface area contributed by atoms with Crippen molar-refractivity contribution in [1.82, 2.24) is 5.32 Å². The maximum atomic E-state index is 11.8. The zero-order chi connectivity index (χ0) is 13.5. The number of aromatic hydroxyl groups is 1. The van der Waals surface area contributed by atoms with Crippen LogP contribution >= 0.6 is 0 Å². The fourth-order valence-corrected chi connectivity index (χ4v) is 1.99. The van der Waals surface area contributed by atoms with E-state index in [2.05, 4.69) is 19.2 Å². The highest BCUT2D eigenvalue weighted by atomic mass is 16.3. The van der Waals surface area contributed by atoms with Crippen molar-refractivity contribution in [3.05, 3.63) is 29.8 Å². The number of carbonyl (C=O) groups excluding carboxylic acids is 1. The van der Waals surface area contributed by atoms with Gasteiger partial charge in [-0.1, -0.05) is 26.7 Å². The van der Waals surface area contributed by atoms with Crippen molar-refractivity contribution in [1.29, 1.82) is 0 Å². The number of benzene rings is 1. The molecular weight excluding hydrogens is 228 g/mol. The lowest BCUT2D eigenvalue weighted by Gasteiger charge is -2.21. The highest BCUT2D eigenvalue weighted by molar-refractivity contribution is 5.94. The molecule has 18 heavy (non-hydrogen) atoms. The first-order valence-electron chi connectivity index (χ1n) is 6.41. The maximum Gasteiger partial charge on any atom is 0.251 e. The van der Waals surface area contributed by atoms with Crippen LogP contribution in [0.5, 0.6) is 5.75 Å². The molecule has 0 aromatic heterocycles. The molecule has 0 radical (unpaired) electrons. The van der Waals surface area contributed by atoms with E-state index in [1.807, 2.05) is 0 Å². The number of phenols is 1. The topological polar surface area (TPSA) is 75.3 Å². The maximum absolute atomic E-state index is 11.8. The van der Waals surface area contributed by atoms with Crippen LogP contribution in [-0.2, 0) is 0 Å². The lowest BCUT2D eigenvalue weighted by molar-refractivity contribution is 0.0948. The molecule has 1 amide bonds. The third-order valence-electron chi connectivity index (χ3n) is 3.28. The Kier molecular flexibility index (Phi) is 5.65. The van der Waals surface area contributed by atoms with Crippen molar-refractivity contribution in [3.8, 4) is 5.75 Å². The number of nitrogens with one attached hydrogen (secondary N) is 1. The van der Waals surface area contributed by atoms with Crippen molar-refractivity contribution >= 4 is 5.91 Å². The van der Waals surface area contributed by atoms with Gasteiger partial charge in [0.25, 0.3) is 5.91 Å². The predicted molar refractivity (Wildman–Crippen MR) is 72.5 cm³/mol. The van der Waals surface area contributed by atoms with E-state index in [0.29, 0.717) is 18.0 Å². The van der Waals surface area contributed by atoms with E-state index in [1.165, 1.54) is 12.1 Å². The first-order chi connectivity index (χ1) is 8.58. The lowest BCUT2D eigenvalue weighted by Crippen LogP contribution is -2.41. The Balaban J connectivity index is 2.48. The number of amides is 1. The Hall–Kier alpha value is -1.55. The molecule has 0 saturated carbocycles. The fraction of sp³-hybridized carbons (Fsp3) is 0.500. The Labute approximate surface area is 108 Å². The Morgan fingerprint density at radius 3 is 2.33 bits per heavy atom. The quantitative estimate of drug-likeness (QED) is 0.721. The lowest BCUT2D eigenvalue weighted by atomic mass is 9.95. The first kappa shape index (κ1) is 14.5. The molecule has 0 spiro atoms. The minimum Gasteiger partial charge on any atom is -0.508 e. The van der Waals surface area contributed by atoms with E-state index in [-0.39, 0.29) is 17.7 Å². The van der Waals surface area contributed by atoms with Gasteiger partial charge in [0.05, 0.1) is 0 Å². The molecule has 0 aliphatic rings. The van der Waals surface area contributed by atoms with Crippen LogP contribution in [0.4, 0.5) is 0 Å². The van der Waals surface area contributed by atoms with Crippen molar-refractivity contribution in [2.75, 3.05) is 6.54 Å². The van der Waals surface area contributed by atoms with E-state index in [9.17, 15) is 4.79 Å². The third-order valence-corrected chi connectivity index (χ3v) is 3.28. The number of hydrogen-bond acceptors (Lipinski definition) is 3. The molecule has 0 aliphatic carbocycles. The molecule has 1 aromatic carbocycles. The van der Waals surface area contributed by atoms with Crippen LogP contribution in [0, 0.1) is 5.92 Å². The van der Waals surface area contributed by atoms with E-state index < -0.39 is 0 Å². The highest BCUT2D eigenvalue weighted by Gasteiger charge is 2.15. The van der Waals surface area contributed by atoms with E-state index in [1.54, 1.807) is 12.1 Å². The van der Waals surface area contributed by atoms with Gasteiger partial charge in [0.15, 0.2) is 0 Å². The van der Waals surface area contributed by atoms with E-state index in [4.69, 9.17) is 10.8 Å². The molecular formula is C14H22N2O2. The van der Waals surface area contributed by atoms with Crippen molar-refractivity contribution in [2.24, 2.45) is 11.7 Å². The van der Waals surface area contributed by atoms with Gasteiger partial charge < -0.3 is 16.2 Å². The molecule has 1 unspecified atom stereocenters. The summed E-state index contributed by atoms with van der Waals surface area (Å²) in [6.45, 7) is 4.69. The number of phenolic OH excluding ortho intramolecular Hbond substituents is 1. The summed E-state index contributed by atoms with van der Waals surface area (Å²) >= 11 is 0. The average Bonchev–Trinajstić information content (AvgIpc) is 2.38. The van der Waals surface area contributed by atoms with Gasteiger partial charge in [0.1, 0.15) is 5.75 Å². The molecule has 0 bridgehead atoms. The third kappa shape index (κ3) is 4.04. The first-order valence-corrected chi connectivity index (χ1v) is 6.41. The molecule has 0 fully saturated rings. The van der Waals surface area contributed by atoms with Gasteiger partial charge in [-0.3, -0.25) is 4.79 Å². The average molecular weight is 250 g/mol. The normalized spacial score (nSPS) is 12.4. The van der Waals surface area contributed by atoms with Gasteiger partial charge in [-0.15, -0.1) is 0 Å². The molecule has 4 nitrogen and oxygen atoms in total. The highest BCUT2D eigenvalue weighted by Crippen LogP contribution is 2.12. The zero-order valence-electron chi connectivity index (χ0n) is 11.0. The SMILES string of the molecule is CCC(CC)C(N)CNC(=O)c1ccc(O)cc1. The summed E-state index contributed by atoms with van der Waals surface area (Å²) in [5, 5.41) is 12.0. The van der Waals surface area contributed by atoms with Crippen LogP contribution < -0.4 is 11.1 Å². The zero-order valence-corrected chi connectivity index (χ0v) is 11.0. The summed E-state index contributed by atoms with van der Waals surface area (Å²) in [5.41, 5.74) is 6.57. The monoisotopic (exact) mass is 250 g/mol. The molecule has 1 atom stereocenters. The summed E-state index contributed by atoms with van der Waals surface area (Å²) in [6.07, 6.45) is 2.04. The van der Waals surface area contributed by atoms with Crippen LogP contribution in [-0.4, -0.2) is 23.6 Å². The number of nitrogens with two attached hydrogens (primary N) is 1. The number of hydrogen-bond donors (Lipinski definition) is 3. The number of carbonyl (C=O) groups is 1. The van der Waals surface area contributed by atoms with Crippen molar-refractivity contribution < 1.29 is 9.90 Å². The van der Waals surface area contributed by atoms with Crippen LogP contribution in [0.2, 0.25) is 0 Å². The van der Waals surface area contributed by atoms with Crippen molar-refractivity contribution in [3.63, 3.8) is 0 Å². The largest absolute Gasteiger partial charge is 0.508 e. The van der Waals surface area contributed by atoms with Gasteiger partial charge in [-0.2, -0.15) is 0 Å². The number of rotatable bonds is 6. The van der Waals surface area contributed by atoms with E-state index in [0.717, 1.165) is 12.8 Å². The van der Waals surface area contributed by atoms with Crippen LogP contribution in [0.1, 0.15) is 37.0 Å². The second-order valence-corrected chi connectivity index (χ2v) is 4.50. The summed E-state index contributed by atoms with van der Waals surface area (Å²) in [6, 6.07) is 6.16. The van der Waals surface area contributed by atoms with E-state index >= 15 is 0 Å². The Morgan fingerprint density at radius 1 is 1.28 bits per heavy atom. The van der Waals surface area contributed by atoms with Crippen LogP contribution in [0.3, 0.4) is 0 Å². The molecule has 4 N–H and O–H groups in total.